The number of anilines is 2. The Morgan fingerprint density at radius 1 is 0.941 bits per heavy atom. The molecule has 0 saturated heterocycles. The monoisotopic (exact) mass is 466 g/mol. The zero-order valence-electron chi connectivity index (χ0n) is 19.1. The summed E-state index contributed by atoms with van der Waals surface area (Å²) >= 11 is 0. The minimum absolute atomic E-state index is 0.0130. The van der Waals surface area contributed by atoms with Crippen LogP contribution in [0.2, 0.25) is 0 Å². The van der Waals surface area contributed by atoms with Gasteiger partial charge in [-0.25, -0.2) is 9.78 Å². The first-order chi connectivity index (χ1) is 16.4. The fraction of sp³-hybridized carbons (Fsp3) is 0.208. The Hall–Kier alpha value is -4.47. The number of nitrogens with one attached hydrogen (secondary N) is 2. The molecule has 0 aliphatic heterocycles. The summed E-state index contributed by atoms with van der Waals surface area (Å²) in [5.74, 6) is 1.32. The summed E-state index contributed by atoms with van der Waals surface area (Å²) in [5.41, 5.74) is 8.10. The van der Waals surface area contributed by atoms with Gasteiger partial charge < -0.3 is 35.3 Å². The fourth-order valence-electron chi connectivity index (χ4n) is 3.08. The topological polar surface area (TPSA) is 134 Å². The molecular formula is C24H26N4O6. The van der Waals surface area contributed by atoms with Crippen molar-refractivity contribution in [1.82, 2.24) is 10.3 Å². The third-order valence-corrected chi connectivity index (χ3v) is 4.83. The highest BCUT2D eigenvalue weighted by Crippen LogP contribution is 2.38. The minimum Gasteiger partial charge on any atom is -0.493 e. The van der Waals surface area contributed by atoms with Crippen LogP contribution in [0.4, 0.5) is 16.3 Å². The van der Waals surface area contributed by atoms with E-state index in [-0.39, 0.29) is 24.9 Å². The molecule has 34 heavy (non-hydrogen) atoms. The van der Waals surface area contributed by atoms with E-state index in [9.17, 15) is 9.59 Å². The van der Waals surface area contributed by atoms with E-state index in [1.54, 1.807) is 54.7 Å². The highest BCUT2D eigenvalue weighted by Gasteiger charge is 2.14. The maximum absolute atomic E-state index is 12.4. The van der Waals surface area contributed by atoms with E-state index in [4.69, 9.17) is 24.7 Å². The number of alkyl carbamates (subject to hydrolysis) is 1. The zero-order chi connectivity index (χ0) is 24.5. The molecule has 0 aliphatic carbocycles. The molecule has 0 atom stereocenters. The van der Waals surface area contributed by atoms with Crippen molar-refractivity contribution in [2.45, 2.75) is 13.2 Å². The molecule has 0 saturated carbocycles. The van der Waals surface area contributed by atoms with Crippen LogP contribution in [-0.4, -0.2) is 38.3 Å². The van der Waals surface area contributed by atoms with Crippen LogP contribution in [0.1, 0.15) is 21.5 Å². The van der Waals surface area contributed by atoms with Gasteiger partial charge >= 0.3 is 6.09 Å². The predicted octanol–water partition coefficient (Wildman–Crippen LogP) is 3.37. The molecule has 178 valence electrons. The number of ether oxygens (including phenoxy) is 4. The van der Waals surface area contributed by atoms with Crippen LogP contribution in [0.25, 0.3) is 0 Å². The standard InChI is InChI=1S/C24H26N4O6/c1-31-19-11-16(12-20(32-2)21(19)33-3)14-34-24(30)27-13-15-6-8-17(9-7-15)23(29)28-18-5-4-10-26-22(18)25/h4-12H,13-14H2,1-3H3,(H2,25,26)(H,27,30)(H,28,29). The van der Waals surface area contributed by atoms with Gasteiger partial charge in [0.15, 0.2) is 11.5 Å². The van der Waals surface area contributed by atoms with Gasteiger partial charge in [0.25, 0.3) is 5.91 Å². The quantitative estimate of drug-likeness (QED) is 0.437. The predicted molar refractivity (Wildman–Crippen MR) is 126 cm³/mol. The van der Waals surface area contributed by atoms with E-state index in [0.717, 1.165) is 5.56 Å². The number of hydrogen-bond acceptors (Lipinski definition) is 8. The molecule has 0 unspecified atom stereocenters. The van der Waals surface area contributed by atoms with Gasteiger partial charge in [0, 0.05) is 18.3 Å². The van der Waals surface area contributed by atoms with Crippen molar-refractivity contribution in [2.24, 2.45) is 0 Å². The average molecular weight is 466 g/mol. The Morgan fingerprint density at radius 3 is 2.21 bits per heavy atom. The SMILES string of the molecule is COc1cc(COC(=O)NCc2ccc(C(=O)Nc3cccnc3N)cc2)cc(OC)c1OC. The number of pyridine rings is 1. The number of carbonyl (C=O) groups is 2. The van der Waals surface area contributed by atoms with Crippen molar-refractivity contribution in [3.63, 3.8) is 0 Å². The summed E-state index contributed by atoms with van der Waals surface area (Å²) in [7, 11) is 4.54. The number of nitrogens with two attached hydrogens (primary N) is 1. The number of benzene rings is 2. The van der Waals surface area contributed by atoms with Crippen LogP contribution < -0.4 is 30.6 Å². The third kappa shape index (κ3) is 6.06. The third-order valence-electron chi connectivity index (χ3n) is 4.83. The molecule has 10 heteroatoms. The Kier molecular flexibility index (Phi) is 8.11. The van der Waals surface area contributed by atoms with Crippen molar-refractivity contribution in [1.29, 1.82) is 0 Å². The largest absolute Gasteiger partial charge is 0.493 e. The maximum atomic E-state index is 12.4. The molecule has 0 radical (unpaired) electrons. The average Bonchev–Trinajstić information content (AvgIpc) is 2.87. The number of nitrogen functional groups attached to an aromatic ring is 1. The highest BCUT2D eigenvalue weighted by molar-refractivity contribution is 6.05. The van der Waals surface area contributed by atoms with Crippen LogP contribution in [0, 0.1) is 0 Å². The summed E-state index contributed by atoms with van der Waals surface area (Å²) in [4.78, 5) is 28.4. The number of nitrogens with zero attached hydrogens (tertiary/aromatic N) is 1. The van der Waals surface area contributed by atoms with Crippen LogP contribution in [0.5, 0.6) is 17.2 Å². The van der Waals surface area contributed by atoms with Gasteiger partial charge in [-0.2, -0.15) is 0 Å². The molecule has 3 rings (SSSR count). The van der Waals surface area contributed by atoms with Crippen LogP contribution in [0.3, 0.4) is 0 Å². The first-order valence-electron chi connectivity index (χ1n) is 10.3. The fourth-order valence-corrected chi connectivity index (χ4v) is 3.08. The Labute approximate surface area is 197 Å². The molecule has 10 nitrogen and oxygen atoms in total. The van der Waals surface area contributed by atoms with Crippen LogP contribution in [-0.2, 0) is 17.9 Å². The Morgan fingerprint density at radius 2 is 1.62 bits per heavy atom. The molecule has 3 aromatic rings. The second-order valence-electron chi connectivity index (χ2n) is 7.05. The lowest BCUT2D eigenvalue weighted by Crippen LogP contribution is -2.23. The lowest BCUT2D eigenvalue weighted by molar-refractivity contribution is 0.102. The van der Waals surface area contributed by atoms with Crippen LogP contribution in [0.15, 0.2) is 54.7 Å². The summed E-state index contributed by atoms with van der Waals surface area (Å²) in [6.45, 7) is 0.241. The minimum atomic E-state index is -0.595. The molecule has 0 fully saturated rings. The van der Waals surface area contributed by atoms with Gasteiger partial charge in [-0.15, -0.1) is 0 Å². The number of hydrogen-bond donors (Lipinski definition) is 3. The number of carbonyl (C=O) groups excluding carboxylic acids is 2. The number of aromatic nitrogens is 1. The smallest absolute Gasteiger partial charge is 0.407 e. The molecule has 0 aliphatic rings. The zero-order valence-corrected chi connectivity index (χ0v) is 19.1. The molecule has 1 aromatic heterocycles. The highest BCUT2D eigenvalue weighted by atomic mass is 16.5. The normalized spacial score (nSPS) is 10.2. The van der Waals surface area contributed by atoms with Crippen molar-refractivity contribution < 1.29 is 28.5 Å². The molecule has 0 bridgehead atoms. The molecule has 2 amide bonds. The van der Waals surface area contributed by atoms with E-state index in [1.807, 2.05) is 0 Å². The van der Waals surface area contributed by atoms with Crippen molar-refractivity contribution in [3.05, 3.63) is 71.4 Å². The summed E-state index contributed by atoms with van der Waals surface area (Å²) < 4.78 is 21.2. The van der Waals surface area contributed by atoms with Gasteiger partial charge in [-0.3, -0.25) is 4.79 Å². The molecule has 1 heterocycles. The van der Waals surface area contributed by atoms with E-state index >= 15 is 0 Å². The van der Waals surface area contributed by atoms with E-state index in [2.05, 4.69) is 15.6 Å². The van der Waals surface area contributed by atoms with Crippen molar-refractivity contribution in [3.8, 4) is 17.2 Å². The Balaban J connectivity index is 1.51. The van der Waals surface area contributed by atoms with Gasteiger partial charge in [-0.1, -0.05) is 12.1 Å². The summed E-state index contributed by atoms with van der Waals surface area (Å²) in [5, 5.41) is 5.38. The number of methoxy groups -OCH3 is 3. The first kappa shape index (κ1) is 24.2. The summed E-state index contributed by atoms with van der Waals surface area (Å²) in [6.07, 6.45) is 0.949. The van der Waals surface area contributed by atoms with Crippen molar-refractivity contribution in [2.75, 3.05) is 32.4 Å². The van der Waals surface area contributed by atoms with Crippen molar-refractivity contribution >= 4 is 23.5 Å². The van der Waals surface area contributed by atoms with Crippen LogP contribution >= 0.6 is 0 Å². The molecular weight excluding hydrogens is 440 g/mol. The van der Waals surface area contributed by atoms with Gasteiger partial charge in [0.2, 0.25) is 5.75 Å². The second-order valence-corrected chi connectivity index (χ2v) is 7.05. The van der Waals surface area contributed by atoms with E-state index < -0.39 is 6.09 Å². The number of rotatable bonds is 9. The molecule has 4 N–H and O–H groups in total. The van der Waals surface area contributed by atoms with E-state index in [0.29, 0.717) is 34.1 Å². The van der Waals surface area contributed by atoms with Gasteiger partial charge in [0.05, 0.1) is 27.0 Å². The van der Waals surface area contributed by atoms with Gasteiger partial charge in [-0.05, 0) is 47.5 Å². The lowest BCUT2D eigenvalue weighted by atomic mass is 10.1. The Bertz CT molecular complexity index is 1130. The lowest BCUT2D eigenvalue weighted by Gasteiger charge is -2.14. The first-order valence-corrected chi connectivity index (χ1v) is 10.3. The second kappa shape index (κ2) is 11.4. The summed E-state index contributed by atoms with van der Waals surface area (Å²) in [6, 6.07) is 13.5. The molecule has 0 spiro atoms. The van der Waals surface area contributed by atoms with Gasteiger partial charge in [0.1, 0.15) is 12.4 Å². The number of amides is 2. The van der Waals surface area contributed by atoms with E-state index in [1.165, 1.54) is 21.3 Å². The molecule has 2 aromatic carbocycles. The maximum Gasteiger partial charge on any atom is 0.407 e.